The van der Waals surface area contributed by atoms with E-state index < -0.39 is 33.6 Å². The average molecular weight is 462 g/mol. The zero-order valence-electron chi connectivity index (χ0n) is 14.9. The number of nitrogens with two attached hydrogens (primary N) is 1. The Morgan fingerprint density at radius 1 is 1.17 bits per heavy atom. The monoisotopic (exact) mass is 461 g/mol. The van der Waals surface area contributed by atoms with Crippen molar-refractivity contribution in [3.8, 4) is 11.4 Å². The molecule has 2 aromatic heterocycles. The fourth-order valence-electron chi connectivity index (χ4n) is 3.16. The molecule has 1 aromatic carbocycles. The number of carbonyl (C=O) groups is 1. The highest BCUT2D eigenvalue weighted by Gasteiger charge is 2.36. The third-order valence-corrected chi connectivity index (χ3v) is 6.20. The molecule has 4 rings (SSSR count). The second kappa shape index (κ2) is 8.62. The maximum Gasteiger partial charge on any atom is 0.251 e. The van der Waals surface area contributed by atoms with E-state index in [1.165, 1.54) is 12.1 Å². The number of fused-ring (bicyclic) bond motifs is 1. The summed E-state index contributed by atoms with van der Waals surface area (Å²) in [4.78, 5) is 12.5. The van der Waals surface area contributed by atoms with Gasteiger partial charge < -0.3 is 11.1 Å². The Labute approximate surface area is 178 Å². The van der Waals surface area contributed by atoms with Gasteiger partial charge in [-0.25, -0.2) is 12.8 Å². The molecule has 3 N–H and O–H groups in total. The number of carbonyl (C=O) groups excluding carboxylic acids is 1. The number of halogens is 3. The molecule has 0 radical (unpaired) electrons. The molecule has 1 aliphatic heterocycles. The molecular weight excluding hydrogens is 444 g/mol. The predicted molar refractivity (Wildman–Crippen MR) is 111 cm³/mol. The fraction of sp³-hybridized carbons (Fsp3) is 0.235. The number of hydrogen-bond acceptors (Lipinski definition) is 6. The van der Waals surface area contributed by atoms with Gasteiger partial charge in [0, 0.05) is 23.4 Å². The third-order valence-electron chi connectivity index (χ3n) is 4.45. The Hall–Kier alpha value is -2.27. The Bertz CT molecular complexity index is 1150. The van der Waals surface area contributed by atoms with E-state index in [9.17, 15) is 17.6 Å². The molecule has 156 valence electrons. The van der Waals surface area contributed by atoms with E-state index in [4.69, 9.17) is 5.73 Å². The molecule has 0 bridgehead atoms. The van der Waals surface area contributed by atoms with Crippen LogP contribution in [-0.2, 0) is 9.84 Å². The van der Waals surface area contributed by atoms with Crippen molar-refractivity contribution in [2.24, 2.45) is 5.73 Å². The molecule has 0 spiro atoms. The second-order valence-corrected chi connectivity index (χ2v) is 8.66. The van der Waals surface area contributed by atoms with Crippen molar-refractivity contribution in [3.63, 3.8) is 0 Å². The van der Waals surface area contributed by atoms with Crippen LogP contribution in [0, 0.1) is 5.82 Å². The summed E-state index contributed by atoms with van der Waals surface area (Å²) in [6, 6.07) is 7.77. The molecule has 3 heterocycles. The molecule has 8 nitrogen and oxygen atoms in total. The van der Waals surface area contributed by atoms with Gasteiger partial charge >= 0.3 is 0 Å². The van der Waals surface area contributed by atoms with Gasteiger partial charge in [-0.05, 0) is 30.3 Å². The van der Waals surface area contributed by atoms with Crippen molar-refractivity contribution >= 4 is 46.2 Å². The summed E-state index contributed by atoms with van der Waals surface area (Å²) in [5, 5.41) is 10.7. The smallest absolute Gasteiger partial charge is 0.251 e. The van der Waals surface area contributed by atoms with Gasteiger partial charge in [0.15, 0.2) is 21.3 Å². The van der Waals surface area contributed by atoms with Crippen molar-refractivity contribution in [2.75, 3.05) is 11.5 Å². The Morgan fingerprint density at radius 3 is 2.62 bits per heavy atom. The van der Waals surface area contributed by atoms with Gasteiger partial charge in [-0.3, -0.25) is 9.20 Å². The molecule has 0 unspecified atom stereocenters. The van der Waals surface area contributed by atoms with Gasteiger partial charge in [0.25, 0.3) is 5.91 Å². The van der Waals surface area contributed by atoms with Gasteiger partial charge in [-0.1, -0.05) is 6.07 Å². The summed E-state index contributed by atoms with van der Waals surface area (Å²) in [6.07, 6.45) is 1.73. The molecular formula is C17H18Cl2FN5O3S. The lowest BCUT2D eigenvalue weighted by molar-refractivity contribution is 0.0937. The zero-order chi connectivity index (χ0) is 19.2. The van der Waals surface area contributed by atoms with Crippen LogP contribution >= 0.6 is 24.8 Å². The summed E-state index contributed by atoms with van der Waals surface area (Å²) in [6.45, 7) is 0. The van der Waals surface area contributed by atoms with Gasteiger partial charge in [0.2, 0.25) is 0 Å². The third kappa shape index (κ3) is 4.67. The first kappa shape index (κ1) is 23.0. The summed E-state index contributed by atoms with van der Waals surface area (Å²) < 4.78 is 39.1. The Balaban J connectivity index is 0.00000150. The number of benzene rings is 1. The summed E-state index contributed by atoms with van der Waals surface area (Å²) in [5.74, 6) is -1.23. The molecule has 29 heavy (non-hydrogen) atoms. The summed E-state index contributed by atoms with van der Waals surface area (Å²) in [5.41, 5.74) is 6.81. The molecule has 3 aromatic rings. The number of hydrogen-bond donors (Lipinski definition) is 2. The minimum Gasteiger partial charge on any atom is -0.347 e. The number of sulfone groups is 1. The van der Waals surface area contributed by atoms with Crippen LogP contribution in [0.3, 0.4) is 0 Å². The van der Waals surface area contributed by atoms with Crippen molar-refractivity contribution < 1.29 is 17.6 Å². The molecule has 2 atom stereocenters. The van der Waals surface area contributed by atoms with E-state index in [0.717, 1.165) is 6.07 Å². The standard InChI is InChI=1S/C17H16FN5O3S.2ClH/c18-12-6-10(16-22-21-15-3-1-2-4-23(15)16)5-11(7-12)17(24)20-14-9-27(25,26)8-13(14)19;;/h1-7,13-14H,8-9,19H2,(H,20,24);2*1H/t13-,14+;;/m1../s1. The number of nitrogens with zero attached hydrogens (tertiary/aromatic N) is 3. The van der Waals surface area contributed by atoms with Crippen LogP contribution in [0.1, 0.15) is 10.4 Å². The Kier molecular flexibility index (Phi) is 6.84. The maximum atomic E-state index is 14.1. The van der Waals surface area contributed by atoms with Crippen LogP contribution in [-0.4, -0.2) is 52.5 Å². The quantitative estimate of drug-likeness (QED) is 0.605. The highest BCUT2D eigenvalue weighted by Crippen LogP contribution is 2.22. The lowest BCUT2D eigenvalue weighted by Gasteiger charge is -2.16. The topological polar surface area (TPSA) is 119 Å². The minimum absolute atomic E-state index is 0. The first-order chi connectivity index (χ1) is 12.8. The number of rotatable bonds is 3. The molecule has 1 aliphatic rings. The highest BCUT2D eigenvalue weighted by molar-refractivity contribution is 7.91. The van der Waals surface area contributed by atoms with Gasteiger partial charge in [0.1, 0.15) is 5.82 Å². The van der Waals surface area contributed by atoms with Crippen LogP contribution in [0.25, 0.3) is 17.0 Å². The van der Waals surface area contributed by atoms with E-state index in [2.05, 4.69) is 15.5 Å². The van der Waals surface area contributed by atoms with Crippen molar-refractivity contribution in [1.29, 1.82) is 0 Å². The van der Waals surface area contributed by atoms with Crippen LogP contribution in [0.4, 0.5) is 4.39 Å². The molecule has 1 amide bonds. The number of aromatic nitrogens is 3. The number of amides is 1. The van der Waals surface area contributed by atoms with E-state index in [1.807, 2.05) is 0 Å². The largest absolute Gasteiger partial charge is 0.347 e. The first-order valence-corrected chi connectivity index (χ1v) is 10.0. The average Bonchev–Trinajstić information content (AvgIpc) is 3.14. The van der Waals surface area contributed by atoms with E-state index in [-0.39, 0.29) is 41.9 Å². The van der Waals surface area contributed by atoms with Crippen molar-refractivity contribution in [2.45, 2.75) is 12.1 Å². The van der Waals surface area contributed by atoms with Gasteiger partial charge in [-0.15, -0.1) is 35.0 Å². The molecule has 0 saturated carbocycles. The molecule has 0 aliphatic carbocycles. The lowest BCUT2D eigenvalue weighted by atomic mass is 10.1. The Morgan fingerprint density at radius 2 is 1.93 bits per heavy atom. The van der Waals surface area contributed by atoms with E-state index in [0.29, 0.717) is 17.0 Å². The maximum absolute atomic E-state index is 14.1. The molecule has 1 fully saturated rings. The molecule has 1 saturated heterocycles. The summed E-state index contributed by atoms with van der Waals surface area (Å²) in [7, 11) is -3.28. The molecule has 12 heteroatoms. The normalized spacial score (nSPS) is 19.9. The van der Waals surface area contributed by atoms with Crippen molar-refractivity contribution in [1.82, 2.24) is 19.9 Å². The summed E-state index contributed by atoms with van der Waals surface area (Å²) >= 11 is 0. The van der Waals surface area contributed by atoms with Crippen molar-refractivity contribution in [3.05, 3.63) is 54.0 Å². The van der Waals surface area contributed by atoms with Gasteiger partial charge in [0.05, 0.1) is 17.5 Å². The lowest BCUT2D eigenvalue weighted by Crippen LogP contribution is -2.46. The number of nitrogens with one attached hydrogen (secondary N) is 1. The minimum atomic E-state index is -3.28. The van der Waals surface area contributed by atoms with E-state index >= 15 is 0 Å². The van der Waals surface area contributed by atoms with Gasteiger partial charge in [-0.2, -0.15) is 0 Å². The zero-order valence-corrected chi connectivity index (χ0v) is 17.3. The predicted octanol–water partition coefficient (Wildman–Crippen LogP) is 1.23. The first-order valence-electron chi connectivity index (χ1n) is 8.20. The highest BCUT2D eigenvalue weighted by atomic mass is 35.5. The fourth-order valence-corrected chi connectivity index (χ4v) is 5.00. The van der Waals surface area contributed by atoms with Crippen LogP contribution < -0.4 is 11.1 Å². The SMILES string of the molecule is Cl.Cl.N[C@@H]1CS(=O)(=O)C[C@@H]1NC(=O)c1cc(F)cc(-c2nnc3ccccn23)c1. The van der Waals surface area contributed by atoms with Crippen LogP contribution in [0.2, 0.25) is 0 Å². The van der Waals surface area contributed by atoms with Crippen LogP contribution in [0.15, 0.2) is 42.6 Å². The second-order valence-electron chi connectivity index (χ2n) is 6.50. The van der Waals surface area contributed by atoms with E-state index in [1.54, 1.807) is 28.8 Å². The van der Waals surface area contributed by atoms with Crippen LogP contribution in [0.5, 0.6) is 0 Å². The number of pyridine rings is 1.